The van der Waals surface area contributed by atoms with Gasteiger partial charge in [0.2, 0.25) is 0 Å². The third kappa shape index (κ3) is 3.81. The molecule has 0 amide bonds. The van der Waals surface area contributed by atoms with Gasteiger partial charge in [-0.05, 0) is 45.0 Å². The summed E-state index contributed by atoms with van der Waals surface area (Å²) in [5.41, 5.74) is 1.24. The second kappa shape index (κ2) is 7.74. The molecule has 11 heteroatoms. The van der Waals surface area contributed by atoms with Crippen molar-refractivity contribution in [2.45, 2.75) is 26.9 Å². The minimum Gasteiger partial charge on any atom is -0.325 e. The minimum atomic E-state index is -4.51. The Morgan fingerprint density at radius 2 is 1.66 bits per heavy atom. The summed E-state index contributed by atoms with van der Waals surface area (Å²) in [5, 5.41) is 11.6. The molecular weight excluding hydrogens is 426 g/mol. The van der Waals surface area contributed by atoms with Gasteiger partial charge in [-0.2, -0.15) is 23.4 Å². The first-order valence-corrected chi connectivity index (χ1v) is 9.58. The number of aryl methyl sites for hydroxylation is 2. The number of alkyl halides is 3. The van der Waals surface area contributed by atoms with Crippen LogP contribution in [0.2, 0.25) is 0 Å². The summed E-state index contributed by atoms with van der Waals surface area (Å²) in [5.74, 6) is 0.829. The topological polar surface area (TPSA) is 73.5 Å². The third-order valence-corrected chi connectivity index (χ3v) is 5.09. The maximum atomic E-state index is 13.3. The van der Waals surface area contributed by atoms with Crippen LogP contribution in [0.25, 0.3) is 17.1 Å². The molecule has 0 aliphatic rings. The Balaban J connectivity index is 1.69. The second-order valence-electron chi connectivity index (χ2n) is 7.29. The number of hydrogen-bond donors (Lipinski definition) is 1. The van der Waals surface area contributed by atoms with Crippen LogP contribution < -0.4 is 5.32 Å². The second-order valence-corrected chi connectivity index (χ2v) is 7.29. The molecule has 3 heterocycles. The van der Waals surface area contributed by atoms with E-state index < -0.39 is 11.7 Å². The standard InChI is InChI=1S/C21H19F4N7/c1-11-19(14-5-7-15(22)8-6-14)30-31(4)20(11)28-16-9-17(27-10-26-16)32-13(3)18(12(2)29-32)21(23,24)25/h5-10H,1-4H3,(H,26,27,28). The van der Waals surface area contributed by atoms with Crippen LogP contribution in [-0.4, -0.2) is 29.5 Å². The smallest absolute Gasteiger partial charge is 0.325 e. The minimum absolute atomic E-state index is 0.0602. The van der Waals surface area contributed by atoms with Crippen molar-refractivity contribution in [3.05, 3.63) is 65.0 Å². The first-order valence-electron chi connectivity index (χ1n) is 9.58. The average Bonchev–Trinajstić information content (AvgIpc) is 3.18. The van der Waals surface area contributed by atoms with Crippen LogP contribution in [0.1, 0.15) is 22.5 Å². The van der Waals surface area contributed by atoms with Crippen molar-refractivity contribution in [1.82, 2.24) is 29.5 Å². The first kappa shape index (κ1) is 21.5. The van der Waals surface area contributed by atoms with E-state index in [1.807, 2.05) is 6.92 Å². The summed E-state index contributed by atoms with van der Waals surface area (Å²) < 4.78 is 56.0. The molecule has 1 aromatic carbocycles. The summed E-state index contributed by atoms with van der Waals surface area (Å²) in [6.07, 6.45) is -3.27. The predicted octanol–water partition coefficient (Wildman–Crippen LogP) is 4.89. The normalized spacial score (nSPS) is 11.8. The van der Waals surface area contributed by atoms with E-state index in [-0.39, 0.29) is 23.0 Å². The molecule has 166 valence electrons. The lowest BCUT2D eigenvalue weighted by molar-refractivity contribution is -0.138. The van der Waals surface area contributed by atoms with Crippen LogP contribution in [0.5, 0.6) is 0 Å². The highest BCUT2D eigenvalue weighted by atomic mass is 19.4. The van der Waals surface area contributed by atoms with E-state index >= 15 is 0 Å². The zero-order chi connectivity index (χ0) is 23.2. The molecule has 4 rings (SSSR count). The lowest BCUT2D eigenvalue weighted by Gasteiger charge is -2.10. The molecule has 0 saturated carbocycles. The fraction of sp³-hybridized carbons (Fsp3) is 0.238. The van der Waals surface area contributed by atoms with Gasteiger partial charge >= 0.3 is 6.18 Å². The van der Waals surface area contributed by atoms with Crippen molar-refractivity contribution < 1.29 is 17.6 Å². The van der Waals surface area contributed by atoms with Crippen molar-refractivity contribution in [3.8, 4) is 17.1 Å². The van der Waals surface area contributed by atoms with E-state index in [0.717, 1.165) is 15.8 Å². The molecule has 0 unspecified atom stereocenters. The lowest BCUT2D eigenvalue weighted by atomic mass is 10.1. The van der Waals surface area contributed by atoms with E-state index in [1.54, 1.807) is 23.9 Å². The number of hydrogen-bond acceptors (Lipinski definition) is 5. The van der Waals surface area contributed by atoms with Crippen molar-refractivity contribution in [2.24, 2.45) is 7.05 Å². The van der Waals surface area contributed by atoms with E-state index in [2.05, 4.69) is 25.5 Å². The van der Waals surface area contributed by atoms with Gasteiger partial charge in [0.05, 0.1) is 22.6 Å². The highest BCUT2D eigenvalue weighted by molar-refractivity contribution is 5.71. The van der Waals surface area contributed by atoms with Gasteiger partial charge in [0.1, 0.15) is 23.8 Å². The summed E-state index contributed by atoms with van der Waals surface area (Å²) in [6.45, 7) is 4.51. The van der Waals surface area contributed by atoms with Crippen molar-refractivity contribution in [1.29, 1.82) is 0 Å². The Kier molecular flexibility index (Phi) is 5.19. The van der Waals surface area contributed by atoms with Crippen molar-refractivity contribution >= 4 is 11.6 Å². The zero-order valence-electron chi connectivity index (χ0n) is 17.7. The van der Waals surface area contributed by atoms with Gasteiger partial charge in [-0.1, -0.05) is 0 Å². The molecule has 0 fully saturated rings. The van der Waals surface area contributed by atoms with Gasteiger partial charge < -0.3 is 5.32 Å². The Morgan fingerprint density at radius 1 is 0.969 bits per heavy atom. The molecule has 7 nitrogen and oxygen atoms in total. The molecule has 4 aromatic rings. The van der Waals surface area contributed by atoms with Gasteiger partial charge in [0.25, 0.3) is 0 Å². The summed E-state index contributed by atoms with van der Waals surface area (Å²) in [7, 11) is 1.74. The SMILES string of the molecule is Cc1nn(-c2cc(Nc3c(C)c(-c4ccc(F)cc4)nn3C)ncn2)c(C)c1C(F)(F)F. The van der Waals surface area contributed by atoms with Crippen LogP contribution in [0, 0.1) is 26.6 Å². The average molecular weight is 445 g/mol. The van der Waals surface area contributed by atoms with Crippen molar-refractivity contribution in [2.75, 3.05) is 5.32 Å². The van der Waals surface area contributed by atoms with E-state index in [4.69, 9.17) is 0 Å². The highest BCUT2D eigenvalue weighted by Gasteiger charge is 2.37. The van der Waals surface area contributed by atoms with Gasteiger partial charge in [-0.15, -0.1) is 0 Å². The largest absolute Gasteiger partial charge is 0.419 e. The molecule has 0 bridgehead atoms. The van der Waals surface area contributed by atoms with Crippen LogP contribution in [0.4, 0.5) is 29.2 Å². The monoisotopic (exact) mass is 445 g/mol. The van der Waals surface area contributed by atoms with Gasteiger partial charge in [0.15, 0.2) is 5.82 Å². The Labute approximate surface area is 180 Å². The number of benzene rings is 1. The molecule has 3 aromatic heterocycles. The summed E-state index contributed by atoms with van der Waals surface area (Å²) >= 11 is 0. The Hall–Kier alpha value is -3.76. The quantitative estimate of drug-likeness (QED) is 0.453. The number of rotatable bonds is 4. The molecule has 1 N–H and O–H groups in total. The predicted molar refractivity (Wildman–Crippen MR) is 110 cm³/mol. The summed E-state index contributed by atoms with van der Waals surface area (Å²) in [6, 6.07) is 7.49. The third-order valence-electron chi connectivity index (χ3n) is 5.09. The van der Waals surface area contributed by atoms with Crippen LogP contribution in [0.15, 0.2) is 36.7 Å². The van der Waals surface area contributed by atoms with Gasteiger partial charge in [-0.3, -0.25) is 4.68 Å². The zero-order valence-corrected chi connectivity index (χ0v) is 17.7. The van der Waals surface area contributed by atoms with E-state index in [9.17, 15) is 17.6 Å². The fourth-order valence-electron chi connectivity index (χ4n) is 3.62. The number of aromatic nitrogens is 6. The lowest BCUT2D eigenvalue weighted by Crippen LogP contribution is -2.09. The molecule has 0 aliphatic heterocycles. The molecule has 0 saturated heterocycles. The van der Waals surface area contributed by atoms with Crippen LogP contribution in [0.3, 0.4) is 0 Å². The highest BCUT2D eigenvalue weighted by Crippen LogP contribution is 2.35. The number of halogens is 4. The van der Waals surface area contributed by atoms with Gasteiger partial charge in [0, 0.05) is 24.2 Å². The van der Waals surface area contributed by atoms with Crippen LogP contribution >= 0.6 is 0 Å². The molecule has 0 radical (unpaired) electrons. The number of anilines is 2. The molecule has 0 aliphatic carbocycles. The number of nitrogens with one attached hydrogen (secondary N) is 1. The van der Waals surface area contributed by atoms with Crippen molar-refractivity contribution in [3.63, 3.8) is 0 Å². The fourth-order valence-corrected chi connectivity index (χ4v) is 3.62. The summed E-state index contributed by atoms with van der Waals surface area (Å²) in [4.78, 5) is 8.25. The maximum Gasteiger partial charge on any atom is 0.419 e. The Morgan fingerprint density at radius 3 is 2.28 bits per heavy atom. The van der Waals surface area contributed by atoms with Gasteiger partial charge in [-0.25, -0.2) is 19.0 Å². The van der Waals surface area contributed by atoms with Crippen LogP contribution in [-0.2, 0) is 13.2 Å². The number of nitrogens with zero attached hydrogens (tertiary/aromatic N) is 6. The van der Waals surface area contributed by atoms with E-state index in [0.29, 0.717) is 17.3 Å². The Bertz CT molecular complexity index is 1290. The molecule has 32 heavy (non-hydrogen) atoms. The first-order chi connectivity index (χ1) is 15.1. The molecule has 0 atom stereocenters. The molecule has 0 spiro atoms. The maximum absolute atomic E-state index is 13.3. The molecular formula is C21H19F4N7. The van der Waals surface area contributed by atoms with E-state index in [1.165, 1.54) is 38.4 Å².